The summed E-state index contributed by atoms with van der Waals surface area (Å²) in [5, 5.41) is 31.6. The Morgan fingerprint density at radius 2 is 0.615 bits per heavy atom. The van der Waals surface area contributed by atoms with E-state index in [0.29, 0.717) is 19.3 Å². The summed E-state index contributed by atoms with van der Waals surface area (Å²) in [5.74, 6) is -2.03. The minimum atomic E-state index is -0.682. The van der Waals surface area contributed by atoms with Gasteiger partial charge in [0.25, 0.3) is 0 Å². The minimum Gasteiger partial charge on any atom is -0.481 e. The molecule has 0 aliphatic carbocycles. The Kier molecular flexibility index (Phi) is 111. The Morgan fingerprint density at radius 3 is 0.904 bits per heavy atom. The topological polar surface area (TPSA) is 328 Å². The zero-order valence-electron chi connectivity index (χ0n) is 33.9. The number of hydrogen-bond donors (Lipinski definition) is 11. The second-order valence-corrected chi connectivity index (χ2v) is 11.9. The molecule has 0 atom stereocenters. The number of hydrogen-bond acceptors (Lipinski definition) is 11. The first-order valence-corrected chi connectivity index (χ1v) is 18.7. The zero-order chi connectivity index (χ0) is 35.4. The maximum Gasteiger partial charge on any atom is 0.303 e. The van der Waals surface area contributed by atoms with Gasteiger partial charge in [-0.25, -0.2) is 0 Å². The van der Waals surface area contributed by atoms with Gasteiger partial charge >= 0.3 is 17.9 Å². The van der Waals surface area contributed by atoms with Gasteiger partial charge in [-0.2, -0.15) is 0 Å². The molecule has 0 rings (SSSR count). The van der Waals surface area contributed by atoms with Crippen molar-refractivity contribution in [1.82, 2.24) is 35.2 Å². The summed E-state index contributed by atoms with van der Waals surface area (Å²) in [6.07, 6.45) is 25.3. The number of nitrogens with two attached hydrogens (primary N) is 2. The molecule has 0 aliphatic heterocycles. The van der Waals surface area contributed by atoms with Gasteiger partial charge in [-0.15, -0.1) is 0 Å². The molecule has 52 heavy (non-hydrogen) atoms. The molecule has 0 aromatic heterocycles. The van der Waals surface area contributed by atoms with E-state index < -0.39 is 17.9 Å². The quantitative estimate of drug-likeness (QED) is 0.0291. The summed E-state index contributed by atoms with van der Waals surface area (Å²) in [7, 11) is 0. The molecule has 0 bridgehead atoms. The zero-order valence-corrected chi connectivity index (χ0v) is 38.4. The molecular weight excluding hydrogens is 1030 g/mol. The molecule has 0 heterocycles. The average molecular weight is 1120 g/mol. The first kappa shape index (κ1) is 76.2. The number of unbranched alkanes of at least 4 members (excludes halogenated alkanes) is 16. The van der Waals surface area contributed by atoms with Crippen molar-refractivity contribution in [3.63, 3.8) is 0 Å². The monoisotopic (exact) mass is 1120 g/mol. The smallest absolute Gasteiger partial charge is 0.303 e. The van der Waals surface area contributed by atoms with Crippen molar-refractivity contribution in [3.8, 4) is 0 Å². The summed E-state index contributed by atoms with van der Waals surface area (Å²) in [6.45, 7) is 12.4. The van der Waals surface area contributed by atoms with Crippen LogP contribution < -0.4 is 46.7 Å². The van der Waals surface area contributed by atoms with E-state index >= 15 is 0 Å². The molecule has 0 fully saturated rings. The van der Waals surface area contributed by atoms with Gasteiger partial charge in [0.2, 0.25) is 0 Å². The van der Waals surface area contributed by atoms with Crippen LogP contribution in [0.1, 0.15) is 175 Å². The van der Waals surface area contributed by atoms with Crippen LogP contribution in [-0.2, 0) is 56.5 Å². The van der Waals surface area contributed by atoms with Gasteiger partial charge in [0.1, 0.15) is 0 Å². The van der Waals surface area contributed by atoms with Gasteiger partial charge in [0.05, 0.1) is 0 Å². The van der Waals surface area contributed by atoms with E-state index in [1.54, 1.807) is 0 Å². The predicted octanol–water partition coefficient (Wildman–Crippen LogP) is 8.36. The third-order valence-electron chi connectivity index (χ3n) is 7.08. The van der Waals surface area contributed by atoms with Crippen molar-refractivity contribution in [3.05, 3.63) is 0 Å². The van der Waals surface area contributed by atoms with Gasteiger partial charge < -0.3 is 62.0 Å². The van der Waals surface area contributed by atoms with Crippen molar-refractivity contribution in [2.24, 2.45) is 11.5 Å². The number of carbonyl (C=O) groups is 3. The van der Waals surface area contributed by atoms with Crippen LogP contribution in [0.25, 0.3) is 0 Å². The van der Waals surface area contributed by atoms with E-state index in [9.17, 15) is 14.4 Å². The van der Waals surface area contributed by atoms with Crippen LogP contribution in [0.15, 0.2) is 0 Å². The summed E-state index contributed by atoms with van der Waals surface area (Å²) in [4.78, 5) is 29.9. The maximum atomic E-state index is 10.1. The molecule has 16 heteroatoms. The van der Waals surface area contributed by atoms with Gasteiger partial charge in [0, 0.05) is 74.5 Å². The van der Waals surface area contributed by atoms with Crippen molar-refractivity contribution in [2.75, 3.05) is 39.3 Å². The summed E-state index contributed by atoms with van der Waals surface area (Å²) < 4.78 is 0. The van der Waals surface area contributed by atoms with Gasteiger partial charge in [-0.05, 0) is 71.1 Å². The first-order valence-electron chi connectivity index (χ1n) is 18.7. The largest absolute Gasteiger partial charge is 0.481 e. The number of nitrogens with one attached hydrogen (secondary N) is 2. The molecule has 0 aromatic carbocycles. The van der Waals surface area contributed by atoms with Crippen LogP contribution in [-0.4, -0.2) is 72.5 Å². The van der Waals surface area contributed by atoms with E-state index in [4.69, 9.17) is 26.8 Å². The third kappa shape index (κ3) is 104. The molecule has 0 radical (unpaired) electrons. The molecule has 0 aliphatic rings. The fourth-order valence-electron chi connectivity index (χ4n) is 4.21. The van der Waals surface area contributed by atoms with Crippen LogP contribution in [0.3, 0.4) is 0 Å². The fourth-order valence-corrected chi connectivity index (χ4v) is 4.21. The molecule has 0 unspecified atom stereocenters. The van der Waals surface area contributed by atoms with E-state index in [1.807, 2.05) is 0 Å². The Bertz CT molecular complexity index is 585. The summed E-state index contributed by atoms with van der Waals surface area (Å²) in [5.41, 5.74) is 10.9. The molecular formula is C36H90N8O6Pt2. The predicted molar refractivity (Wildman–Crippen MR) is 215 cm³/mol. The Hall–Kier alpha value is -0.533. The van der Waals surface area contributed by atoms with Gasteiger partial charge in [-0.3, -0.25) is 14.4 Å². The normalized spacial score (nSPS) is 8.94. The number of aliphatic carboxylic acids is 3. The van der Waals surface area contributed by atoms with E-state index in [2.05, 4.69) is 31.4 Å². The van der Waals surface area contributed by atoms with E-state index in [-0.39, 0.29) is 66.7 Å². The number of carboxylic acids is 3. The molecule has 0 amide bonds. The second-order valence-electron chi connectivity index (χ2n) is 11.9. The van der Waals surface area contributed by atoms with Gasteiger partial charge in [0.15, 0.2) is 0 Å². The summed E-state index contributed by atoms with van der Waals surface area (Å²) in [6, 6.07) is 0. The fraction of sp³-hybridized carbons (Fsp3) is 0.917. The average Bonchev–Trinajstić information content (AvgIpc) is 3.02. The second kappa shape index (κ2) is 75.4. The first-order chi connectivity index (χ1) is 22.2. The van der Waals surface area contributed by atoms with E-state index in [1.165, 1.54) is 83.5 Å². The molecule has 0 saturated heterocycles. The van der Waals surface area contributed by atoms with Gasteiger partial charge in [-0.1, -0.05) is 111 Å². The molecule has 0 saturated carbocycles. The Labute approximate surface area is 348 Å². The van der Waals surface area contributed by atoms with Crippen LogP contribution in [0.4, 0.5) is 0 Å². The maximum absolute atomic E-state index is 10.1. The van der Waals surface area contributed by atoms with Crippen molar-refractivity contribution >= 4 is 17.9 Å². The standard InChI is InChI=1S/C14H34N4.C10H20O2.2C6H12O2.4H3N.2Pt/c15-9-5-1-3-7-11-17-13-14-18-12-8-4-2-6-10-16;1-2-3-4-5-6-7-8-9-10(11)12;2*1-2-3-4-5-6(7)8;;;;;;/h17-18H,1-16H2;2-9H2,1H3,(H,11,12);2*2-5H2,1H3,(H,7,8);4*1H3;;. The van der Waals surface area contributed by atoms with Crippen molar-refractivity contribution < 1.29 is 71.8 Å². The van der Waals surface area contributed by atoms with Crippen molar-refractivity contribution in [2.45, 2.75) is 175 Å². The Morgan fingerprint density at radius 1 is 0.385 bits per heavy atom. The number of carboxylic acid groups (broad SMARTS) is 3. The molecule has 14 nitrogen and oxygen atoms in total. The SMILES string of the molecule is CCCCCC(=O)O.CCCCCC(=O)O.CCCCCCCCCC(=O)O.N.N.N.N.NCCCCCCNCCNCCCCCCN.[Pt].[Pt]. The third-order valence-corrected chi connectivity index (χ3v) is 7.08. The van der Waals surface area contributed by atoms with Crippen molar-refractivity contribution in [1.29, 1.82) is 0 Å². The molecule has 21 N–H and O–H groups in total. The summed E-state index contributed by atoms with van der Waals surface area (Å²) >= 11 is 0. The minimum absolute atomic E-state index is 0. The van der Waals surface area contributed by atoms with Crippen LogP contribution in [0.5, 0.6) is 0 Å². The van der Waals surface area contributed by atoms with Crippen LogP contribution in [0, 0.1) is 0 Å². The number of rotatable bonds is 31. The van der Waals surface area contributed by atoms with Crippen LogP contribution in [0.2, 0.25) is 0 Å². The molecule has 0 aromatic rings. The van der Waals surface area contributed by atoms with E-state index in [0.717, 1.165) is 90.6 Å². The van der Waals surface area contributed by atoms with Crippen LogP contribution >= 0.6 is 0 Å². The molecule has 0 spiro atoms. The molecule has 330 valence electrons. The Balaban J connectivity index is -0.0000000574.